The summed E-state index contributed by atoms with van der Waals surface area (Å²) in [6.45, 7) is 1.62. The molecule has 1 amide bonds. The third-order valence-electron chi connectivity index (χ3n) is 4.95. The summed E-state index contributed by atoms with van der Waals surface area (Å²) >= 11 is 0. The van der Waals surface area contributed by atoms with Crippen molar-refractivity contribution >= 4 is 5.91 Å². The van der Waals surface area contributed by atoms with Crippen molar-refractivity contribution in [2.45, 2.75) is 49.8 Å². The number of likely N-dealkylation sites (N-methyl/N-ethyl adjacent to an activating group) is 1. The van der Waals surface area contributed by atoms with E-state index in [1.807, 2.05) is 7.05 Å². The quantitative estimate of drug-likeness (QED) is 0.763. The summed E-state index contributed by atoms with van der Waals surface area (Å²) in [7, 11) is 1.82. The lowest BCUT2D eigenvalue weighted by molar-refractivity contribution is -0.141. The fourth-order valence-corrected chi connectivity index (χ4v) is 3.81. The highest BCUT2D eigenvalue weighted by molar-refractivity contribution is 5.80. The Morgan fingerprint density at radius 1 is 1.42 bits per heavy atom. The molecule has 3 aliphatic rings. The van der Waals surface area contributed by atoms with E-state index >= 15 is 0 Å². The SMILES string of the molecule is CN(CC1(O)CCOCC1)C(=O)C1CC2CCC1N2. The molecule has 3 fully saturated rings. The molecule has 5 nitrogen and oxygen atoms in total. The molecule has 3 heterocycles. The number of aliphatic hydroxyl groups is 1. The highest BCUT2D eigenvalue weighted by Gasteiger charge is 2.44. The third kappa shape index (κ3) is 2.64. The van der Waals surface area contributed by atoms with Gasteiger partial charge in [0.15, 0.2) is 0 Å². The van der Waals surface area contributed by atoms with Gasteiger partial charge >= 0.3 is 0 Å². The van der Waals surface area contributed by atoms with Gasteiger partial charge in [-0.3, -0.25) is 4.79 Å². The number of ether oxygens (including phenoxy) is 1. The van der Waals surface area contributed by atoms with E-state index in [2.05, 4.69) is 5.32 Å². The lowest BCUT2D eigenvalue weighted by Crippen LogP contribution is -2.49. The number of nitrogens with zero attached hydrogens (tertiary/aromatic N) is 1. The van der Waals surface area contributed by atoms with Gasteiger partial charge in [0.05, 0.1) is 11.5 Å². The first-order valence-electron chi connectivity index (χ1n) is 7.39. The first-order chi connectivity index (χ1) is 9.07. The van der Waals surface area contributed by atoms with E-state index in [0.29, 0.717) is 44.7 Å². The summed E-state index contributed by atoms with van der Waals surface area (Å²) in [6.07, 6.45) is 4.54. The monoisotopic (exact) mass is 268 g/mol. The second-order valence-corrected chi connectivity index (χ2v) is 6.42. The standard InChI is InChI=1S/C14H24N2O3/c1-16(9-14(18)4-6-19-7-5-14)13(17)11-8-10-2-3-12(11)15-10/h10-12,15,18H,2-9H2,1H3. The Hall–Kier alpha value is -0.650. The molecule has 0 radical (unpaired) electrons. The molecule has 5 heteroatoms. The fraction of sp³-hybridized carbons (Fsp3) is 0.929. The molecule has 0 saturated carbocycles. The summed E-state index contributed by atoms with van der Waals surface area (Å²) in [6, 6.07) is 0.905. The Labute approximate surface area is 114 Å². The van der Waals surface area contributed by atoms with Gasteiger partial charge in [0, 0.05) is 51.7 Å². The van der Waals surface area contributed by atoms with Crippen molar-refractivity contribution in [1.82, 2.24) is 10.2 Å². The Balaban J connectivity index is 1.57. The van der Waals surface area contributed by atoms with Crippen LogP contribution in [0.25, 0.3) is 0 Å². The maximum absolute atomic E-state index is 12.5. The smallest absolute Gasteiger partial charge is 0.227 e. The molecule has 2 N–H and O–H groups in total. The van der Waals surface area contributed by atoms with Crippen LogP contribution in [0.4, 0.5) is 0 Å². The molecule has 0 aliphatic carbocycles. The number of fused-ring (bicyclic) bond motifs is 2. The summed E-state index contributed by atoms with van der Waals surface area (Å²) in [5.74, 6) is 0.312. The van der Waals surface area contributed by atoms with E-state index in [1.54, 1.807) is 4.90 Å². The van der Waals surface area contributed by atoms with Crippen molar-refractivity contribution in [3.05, 3.63) is 0 Å². The van der Waals surface area contributed by atoms with Crippen LogP contribution in [0, 0.1) is 5.92 Å². The van der Waals surface area contributed by atoms with Crippen LogP contribution in [-0.4, -0.2) is 60.4 Å². The Kier molecular flexibility index (Phi) is 3.53. The lowest BCUT2D eigenvalue weighted by atomic mass is 9.87. The van der Waals surface area contributed by atoms with E-state index < -0.39 is 5.60 Å². The molecule has 19 heavy (non-hydrogen) atoms. The van der Waals surface area contributed by atoms with Crippen molar-refractivity contribution in [3.63, 3.8) is 0 Å². The first-order valence-corrected chi connectivity index (χ1v) is 7.39. The molecule has 108 valence electrons. The third-order valence-corrected chi connectivity index (χ3v) is 4.95. The number of hydrogen-bond acceptors (Lipinski definition) is 4. The minimum atomic E-state index is -0.756. The van der Waals surface area contributed by atoms with Crippen molar-refractivity contribution in [3.8, 4) is 0 Å². The van der Waals surface area contributed by atoms with Gasteiger partial charge in [-0.1, -0.05) is 0 Å². The van der Waals surface area contributed by atoms with Gasteiger partial charge in [-0.25, -0.2) is 0 Å². The molecule has 2 bridgehead atoms. The summed E-state index contributed by atoms with van der Waals surface area (Å²) in [4.78, 5) is 14.2. The predicted molar refractivity (Wildman–Crippen MR) is 70.7 cm³/mol. The molecular weight excluding hydrogens is 244 g/mol. The Bertz CT molecular complexity index is 355. The number of carbonyl (C=O) groups excluding carboxylic acids is 1. The topological polar surface area (TPSA) is 61.8 Å². The summed E-state index contributed by atoms with van der Waals surface area (Å²) in [5.41, 5.74) is -0.756. The normalized spacial score (nSPS) is 36.4. The summed E-state index contributed by atoms with van der Waals surface area (Å²) < 4.78 is 5.27. The minimum Gasteiger partial charge on any atom is -0.388 e. The number of amides is 1. The molecule has 3 unspecified atom stereocenters. The molecule has 3 aliphatic heterocycles. The minimum absolute atomic E-state index is 0.118. The molecule has 3 rings (SSSR count). The molecule has 0 aromatic rings. The lowest BCUT2D eigenvalue weighted by Gasteiger charge is -2.36. The van der Waals surface area contributed by atoms with E-state index in [4.69, 9.17) is 4.74 Å². The number of carbonyl (C=O) groups is 1. The second kappa shape index (κ2) is 5.04. The van der Waals surface area contributed by atoms with E-state index in [-0.39, 0.29) is 11.8 Å². The molecule has 0 spiro atoms. The van der Waals surface area contributed by atoms with Gasteiger partial charge in [0.25, 0.3) is 0 Å². The van der Waals surface area contributed by atoms with Crippen LogP contribution < -0.4 is 5.32 Å². The van der Waals surface area contributed by atoms with Gasteiger partial charge in [0.2, 0.25) is 5.91 Å². The van der Waals surface area contributed by atoms with Crippen LogP contribution >= 0.6 is 0 Å². The highest BCUT2D eigenvalue weighted by atomic mass is 16.5. The van der Waals surface area contributed by atoms with E-state index in [1.165, 1.54) is 6.42 Å². The van der Waals surface area contributed by atoms with Crippen LogP contribution in [0.5, 0.6) is 0 Å². The molecule has 3 saturated heterocycles. The zero-order valence-electron chi connectivity index (χ0n) is 11.6. The van der Waals surface area contributed by atoms with Crippen LogP contribution in [-0.2, 0) is 9.53 Å². The van der Waals surface area contributed by atoms with Gasteiger partial charge in [0.1, 0.15) is 0 Å². The van der Waals surface area contributed by atoms with E-state index in [0.717, 1.165) is 12.8 Å². The zero-order chi connectivity index (χ0) is 13.5. The van der Waals surface area contributed by atoms with Crippen LogP contribution in [0.1, 0.15) is 32.1 Å². The number of nitrogens with one attached hydrogen (secondary N) is 1. The van der Waals surface area contributed by atoms with Crippen molar-refractivity contribution < 1.29 is 14.6 Å². The molecule has 0 aromatic carbocycles. The van der Waals surface area contributed by atoms with Gasteiger partial charge < -0.3 is 20.1 Å². The zero-order valence-corrected chi connectivity index (χ0v) is 11.6. The van der Waals surface area contributed by atoms with Crippen LogP contribution in [0.15, 0.2) is 0 Å². The number of hydrogen-bond donors (Lipinski definition) is 2. The Morgan fingerprint density at radius 2 is 2.16 bits per heavy atom. The molecular formula is C14H24N2O3. The first kappa shape index (κ1) is 13.3. The maximum atomic E-state index is 12.5. The number of rotatable bonds is 3. The fourth-order valence-electron chi connectivity index (χ4n) is 3.81. The predicted octanol–water partition coefficient (Wildman–Crippen LogP) is 0.127. The second-order valence-electron chi connectivity index (χ2n) is 6.42. The van der Waals surface area contributed by atoms with Crippen LogP contribution in [0.2, 0.25) is 0 Å². The van der Waals surface area contributed by atoms with Gasteiger partial charge in [-0.05, 0) is 19.3 Å². The highest BCUT2D eigenvalue weighted by Crippen LogP contribution is 2.34. The maximum Gasteiger partial charge on any atom is 0.227 e. The van der Waals surface area contributed by atoms with Crippen molar-refractivity contribution in [2.75, 3.05) is 26.8 Å². The van der Waals surface area contributed by atoms with Crippen LogP contribution in [0.3, 0.4) is 0 Å². The molecule has 0 aromatic heterocycles. The van der Waals surface area contributed by atoms with E-state index in [9.17, 15) is 9.90 Å². The summed E-state index contributed by atoms with van der Waals surface area (Å²) in [5, 5.41) is 14.0. The van der Waals surface area contributed by atoms with Crippen molar-refractivity contribution in [1.29, 1.82) is 0 Å². The average Bonchev–Trinajstić information content (AvgIpc) is 3.00. The van der Waals surface area contributed by atoms with Gasteiger partial charge in [-0.2, -0.15) is 0 Å². The largest absolute Gasteiger partial charge is 0.388 e. The van der Waals surface area contributed by atoms with Crippen molar-refractivity contribution in [2.24, 2.45) is 5.92 Å². The molecule has 3 atom stereocenters. The Morgan fingerprint density at radius 3 is 2.74 bits per heavy atom. The average molecular weight is 268 g/mol. The van der Waals surface area contributed by atoms with Gasteiger partial charge in [-0.15, -0.1) is 0 Å².